The van der Waals surface area contributed by atoms with Crippen molar-refractivity contribution in [1.82, 2.24) is 24.9 Å². The maximum Gasteiger partial charge on any atom is 0.167 e. The SMILES string of the molecule is Fc1ccc(F)c([C@H]2CCCN2c2ccn3ncc(-c4nc5c(s4)CCNC5)c3n2)c1. The Balaban J connectivity index is 1.40. The highest BCUT2D eigenvalue weighted by molar-refractivity contribution is 7.15. The zero-order valence-electron chi connectivity index (χ0n) is 16.7. The fourth-order valence-electron chi connectivity index (χ4n) is 4.55. The second-order valence-corrected chi connectivity index (χ2v) is 9.03. The fourth-order valence-corrected chi connectivity index (χ4v) is 5.63. The Kier molecular flexibility index (Phi) is 4.46. The number of fused-ring (bicyclic) bond motifs is 2. The lowest BCUT2D eigenvalue weighted by molar-refractivity contribution is 0.560. The summed E-state index contributed by atoms with van der Waals surface area (Å²) in [5, 5.41) is 8.72. The quantitative estimate of drug-likeness (QED) is 0.522. The van der Waals surface area contributed by atoms with E-state index in [0.29, 0.717) is 5.56 Å². The number of benzene rings is 1. The molecule has 6 rings (SSSR count). The normalized spacial score (nSPS) is 18.6. The van der Waals surface area contributed by atoms with Crippen LogP contribution in [0.1, 0.15) is 35.0 Å². The third-order valence-corrected chi connectivity index (χ3v) is 7.24. The molecule has 0 amide bonds. The van der Waals surface area contributed by atoms with Crippen LogP contribution in [0.4, 0.5) is 14.6 Å². The molecule has 1 saturated heterocycles. The number of nitrogens with one attached hydrogen (secondary N) is 1. The van der Waals surface area contributed by atoms with Crippen LogP contribution in [-0.4, -0.2) is 32.7 Å². The molecule has 9 heteroatoms. The predicted molar refractivity (Wildman–Crippen MR) is 115 cm³/mol. The van der Waals surface area contributed by atoms with Gasteiger partial charge in [-0.1, -0.05) is 0 Å². The third kappa shape index (κ3) is 3.19. The summed E-state index contributed by atoms with van der Waals surface area (Å²) in [7, 11) is 0. The fraction of sp³-hybridized carbons (Fsp3) is 0.318. The van der Waals surface area contributed by atoms with Gasteiger partial charge < -0.3 is 10.2 Å². The van der Waals surface area contributed by atoms with Gasteiger partial charge in [0, 0.05) is 36.3 Å². The van der Waals surface area contributed by atoms with Gasteiger partial charge in [-0.3, -0.25) is 0 Å². The van der Waals surface area contributed by atoms with Crippen LogP contribution in [-0.2, 0) is 13.0 Å². The molecule has 0 bridgehead atoms. The second-order valence-electron chi connectivity index (χ2n) is 7.95. The van der Waals surface area contributed by atoms with Crippen molar-refractivity contribution in [3.63, 3.8) is 0 Å². The minimum absolute atomic E-state index is 0.240. The van der Waals surface area contributed by atoms with E-state index in [1.165, 1.54) is 17.0 Å². The van der Waals surface area contributed by atoms with Gasteiger partial charge in [0.15, 0.2) is 5.65 Å². The zero-order chi connectivity index (χ0) is 20.9. The first kappa shape index (κ1) is 18.8. The van der Waals surface area contributed by atoms with Gasteiger partial charge in [0.05, 0.1) is 23.5 Å². The molecule has 0 spiro atoms. The van der Waals surface area contributed by atoms with E-state index in [1.807, 2.05) is 12.3 Å². The lowest BCUT2D eigenvalue weighted by Crippen LogP contribution is -2.24. The molecule has 0 radical (unpaired) electrons. The first-order chi connectivity index (χ1) is 15.2. The van der Waals surface area contributed by atoms with Gasteiger partial charge in [0.2, 0.25) is 0 Å². The summed E-state index contributed by atoms with van der Waals surface area (Å²) in [6.45, 7) is 2.50. The second kappa shape index (κ2) is 7.35. The molecule has 3 aromatic heterocycles. The highest BCUT2D eigenvalue weighted by atomic mass is 32.1. The molecule has 1 aromatic carbocycles. The summed E-state index contributed by atoms with van der Waals surface area (Å²) >= 11 is 1.70. The molecule has 31 heavy (non-hydrogen) atoms. The van der Waals surface area contributed by atoms with E-state index < -0.39 is 5.82 Å². The van der Waals surface area contributed by atoms with Gasteiger partial charge in [-0.2, -0.15) is 5.10 Å². The minimum atomic E-state index is -0.424. The largest absolute Gasteiger partial charge is 0.349 e. The number of aromatic nitrogens is 4. The van der Waals surface area contributed by atoms with Crippen LogP contribution in [0.2, 0.25) is 0 Å². The summed E-state index contributed by atoms with van der Waals surface area (Å²) in [4.78, 5) is 13.1. The first-order valence-electron chi connectivity index (χ1n) is 10.4. The Morgan fingerprint density at radius 1 is 1.16 bits per heavy atom. The van der Waals surface area contributed by atoms with Crippen LogP contribution in [0.3, 0.4) is 0 Å². The molecule has 2 aliphatic heterocycles. The van der Waals surface area contributed by atoms with Crippen molar-refractivity contribution in [2.24, 2.45) is 0 Å². The summed E-state index contributed by atoms with van der Waals surface area (Å²) in [5.74, 6) is -0.0678. The number of nitrogens with zero attached hydrogens (tertiary/aromatic N) is 5. The van der Waals surface area contributed by atoms with E-state index in [0.717, 1.165) is 72.7 Å². The van der Waals surface area contributed by atoms with Crippen molar-refractivity contribution in [3.05, 3.63) is 64.4 Å². The van der Waals surface area contributed by atoms with Crippen LogP contribution < -0.4 is 10.2 Å². The Bertz CT molecular complexity index is 1260. The lowest BCUT2D eigenvalue weighted by atomic mass is 10.0. The van der Waals surface area contributed by atoms with Gasteiger partial charge in [-0.05, 0) is 43.5 Å². The van der Waals surface area contributed by atoms with Crippen molar-refractivity contribution in [2.75, 3.05) is 18.0 Å². The minimum Gasteiger partial charge on any atom is -0.349 e. The van der Waals surface area contributed by atoms with Crippen LogP contribution in [0.25, 0.3) is 16.2 Å². The van der Waals surface area contributed by atoms with Gasteiger partial charge >= 0.3 is 0 Å². The van der Waals surface area contributed by atoms with Crippen LogP contribution in [0.15, 0.2) is 36.7 Å². The van der Waals surface area contributed by atoms with Crippen molar-refractivity contribution in [1.29, 1.82) is 0 Å². The van der Waals surface area contributed by atoms with Gasteiger partial charge in [-0.25, -0.2) is 23.3 Å². The number of thiazole rings is 1. The van der Waals surface area contributed by atoms with Gasteiger partial charge in [-0.15, -0.1) is 11.3 Å². The Morgan fingerprint density at radius 3 is 3.00 bits per heavy atom. The van der Waals surface area contributed by atoms with E-state index in [1.54, 1.807) is 22.0 Å². The number of hydrogen-bond donors (Lipinski definition) is 1. The summed E-state index contributed by atoms with van der Waals surface area (Å²) in [6, 6.07) is 5.30. The van der Waals surface area contributed by atoms with E-state index in [4.69, 9.17) is 9.97 Å². The van der Waals surface area contributed by atoms with Crippen LogP contribution in [0, 0.1) is 11.6 Å². The number of rotatable bonds is 3. The van der Waals surface area contributed by atoms with Crippen molar-refractivity contribution in [3.8, 4) is 10.6 Å². The molecule has 158 valence electrons. The molecular formula is C22H20F2N6S. The average molecular weight is 439 g/mol. The summed E-state index contributed by atoms with van der Waals surface area (Å²) < 4.78 is 30.0. The molecule has 6 nitrogen and oxygen atoms in total. The molecule has 0 aliphatic carbocycles. The molecule has 1 fully saturated rings. The predicted octanol–water partition coefficient (Wildman–Crippen LogP) is 4.12. The molecule has 1 N–H and O–H groups in total. The van der Waals surface area contributed by atoms with Crippen molar-refractivity contribution < 1.29 is 8.78 Å². The molecular weight excluding hydrogens is 418 g/mol. The van der Waals surface area contributed by atoms with E-state index in [9.17, 15) is 8.78 Å². The van der Waals surface area contributed by atoms with Crippen LogP contribution >= 0.6 is 11.3 Å². The van der Waals surface area contributed by atoms with E-state index in [2.05, 4.69) is 15.3 Å². The highest BCUT2D eigenvalue weighted by Gasteiger charge is 2.30. The lowest BCUT2D eigenvalue weighted by Gasteiger charge is -2.26. The molecule has 2 aliphatic rings. The van der Waals surface area contributed by atoms with Crippen molar-refractivity contribution in [2.45, 2.75) is 31.8 Å². The van der Waals surface area contributed by atoms with E-state index in [-0.39, 0.29) is 11.9 Å². The Hall–Kier alpha value is -2.91. The molecule has 1 atom stereocenters. The molecule has 0 unspecified atom stereocenters. The third-order valence-electron chi connectivity index (χ3n) is 6.05. The highest BCUT2D eigenvalue weighted by Crippen LogP contribution is 2.38. The van der Waals surface area contributed by atoms with Crippen LogP contribution in [0.5, 0.6) is 0 Å². The maximum absolute atomic E-state index is 14.5. The Labute approximate surface area is 181 Å². The topological polar surface area (TPSA) is 58.4 Å². The smallest absolute Gasteiger partial charge is 0.167 e. The first-order valence-corrected chi connectivity index (χ1v) is 11.2. The number of halogens is 2. The Morgan fingerprint density at radius 2 is 2.10 bits per heavy atom. The standard InChI is InChI=1S/C22H20F2N6S/c23-13-3-4-16(24)14(10-13)18-2-1-8-29(18)20-6-9-30-21(28-20)15(11-26-30)22-27-17-12-25-7-5-19(17)31-22/h3-4,6,9-11,18,25H,1-2,5,7-8,12H2/t18-/m1/s1. The average Bonchev–Trinajstić information content (AvgIpc) is 3.52. The van der Waals surface area contributed by atoms with Crippen molar-refractivity contribution >= 4 is 22.8 Å². The zero-order valence-corrected chi connectivity index (χ0v) is 17.5. The monoisotopic (exact) mass is 438 g/mol. The van der Waals surface area contributed by atoms with Gasteiger partial charge in [0.1, 0.15) is 22.5 Å². The summed E-state index contributed by atoms with van der Waals surface area (Å²) in [6.07, 6.45) is 6.31. The van der Waals surface area contributed by atoms with Gasteiger partial charge in [0.25, 0.3) is 0 Å². The van der Waals surface area contributed by atoms with E-state index >= 15 is 0 Å². The summed E-state index contributed by atoms with van der Waals surface area (Å²) in [5.41, 5.74) is 3.10. The molecule has 0 saturated carbocycles. The molecule has 4 aromatic rings. The molecule has 5 heterocycles. The number of hydrogen-bond acceptors (Lipinski definition) is 6. The maximum atomic E-state index is 14.5. The number of anilines is 1.